The second-order valence-electron chi connectivity index (χ2n) is 4.67. The molecular formula is C18H18O5. The van der Waals surface area contributed by atoms with Crippen molar-refractivity contribution in [2.75, 3.05) is 21.3 Å². The van der Waals surface area contributed by atoms with Crippen molar-refractivity contribution in [3.63, 3.8) is 0 Å². The van der Waals surface area contributed by atoms with Crippen LogP contribution in [0, 0.1) is 0 Å². The zero-order chi connectivity index (χ0) is 16.8. The quantitative estimate of drug-likeness (QED) is 0.654. The van der Waals surface area contributed by atoms with Crippen LogP contribution in [0.15, 0.2) is 42.5 Å². The number of carbonyl (C=O) groups is 1. The van der Waals surface area contributed by atoms with Crippen LogP contribution in [0.1, 0.15) is 15.9 Å². The molecule has 1 N–H and O–H groups in total. The van der Waals surface area contributed by atoms with E-state index in [1.807, 2.05) is 0 Å². The summed E-state index contributed by atoms with van der Waals surface area (Å²) >= 11 is 0. The SMILES string of the molecule is COc1ccc(C=CC(=O)c2cccc(OC)c2O)cc1OC. The van der Waals surface area contributed by atoms with Crippen LogP contribution >= 0.6 is 0 Å². The Morgan fingerprint density at radius 1 is 0.957 bits per heavy atom. The van der Waals surface area contributed by atoms with E-state index < -0.39 is 0 Å². The molecule has 0 aliphatic heterocycles. The highest BCUT2D eigenvalue weighted by molar-refractivity contribution is 6.09. The third-order valence-corrected chi connectivity index (χ3v) is 3.32. The van der Waals surface area contributed by atoms with Gasteiger partial charge in [0.25, 0.3) is 0 Å². The van der Waals surface area contributed by atoms with Gasteiger partial charge in [-0.15, -0.1) is 0 Å². The van der Waals surface area contributed by atoms with Crippen molar-refractivity contribution in [1.82, 2.24) is 0 Å². The van der Waals surface area contributed by atoms with E-state index in [0.29, 0.717) is 11.5 Å². The van der Waals surface area contributed by atoms with Crippen molar-refractivity contribution in [3.05, 3.63) is 53.6 Å². The van der Waals surface area contributed by atoms with Gasteiger partial charge in [-0.05, 0) is 35.9 Å². The van der Waals surface area contributed by atoms with E-state index in [4.69, 9.17) is 14.2 Å². The molecule has 0 aromatic heterocycles. The minimum Gasteiger partial charge on any atom is -0.504 e. The molecule has 0 atom stereocenters. The number of rotatable bonds is 6. The Kier molecular flexibility index (Phi) is 5.25. The predicted molar refractivity (Wildman–Crippen MR) is 87.6 cm³/mol. The molecule has 0 fully saturated rings. The van der Waals surface area contributed by atoms with Gasteiger partial charge in [-0.25, -0.2) is 0 Å². The van der Waals surface area contributed by atoms with Crippen molar-refractivity contribution in [1.29, 1.82) is 0 Å². The molecular weight excluding hydrogens is 296 g/mol. The number of benzene rings is 2. The van der Waals surface area contributed by atoms with Crippen LogP contribution in [0.4, 0.5) is 0 Å². The minimum absolute atomic E-state index is 0.169. The lowest BCUT2D eigenvalue weighted by molar-refractivity contribution is 0.104. The summed E-state index contributed by atoms with van der Waals surface area (Å²) in [4.78, 5) is 12.2. The lowest BCUT2D eigenvalue weighted by Crippen LogP contribution is -1.96. The molecule has 120 valence electrons. The van der Waals surface area contributed by atoms with E-state index in [-0.39, 0.29) is 22.8 Å². The Hall–Kier alpha value is -2.95. The Balaban J connectivity index is 2.25. The van der Waals surface area contributed by atoms with Gasteiger partial charge in [0.1, 0.15) is 0 Å². The lowest BCUT2D eigenvalue weighted by Gasteiger charge is -2.08. The number of phenols is 1. The smallest absolute Gasteiger partial charge is 0.189 e. The monoisotopic (exact) mass is 314 g/mol. The number of ether oxygens (including phenoxy) is 3. The van der Waals surface area contributed by atoms with Gasteiger partial charge in [0.05, 0.1) is 26.9 Å². The van der Waals surface area contributed by atoms with Crippen LogP contribution in [-0.2, 0) is 0 Å². The summed E-state index contributed by atoms with van der Waals surface area (Å²) in [6.07, 6.45) is 3.03. The number of hydrogen-bond donors (Lipinski definition) is 1. The maximum atomic E-state index is 12.2. The summed E-state index contributed by atoms with van der Waals surface area (Å²) in [5.74, 6) is 0.955. The fraction of sp³-hybridized carbons (Fsp3) is 0.167. The molecule has 0 saturated heterocycles. The van der Waals surface area contributed by atoms with E-state index >= 15 is 0 Å². The fourth-order valence-corrected chi connectivity index (χ4v) is 2.10. The first-order valence-corrected chi connectivity index (χ1v) is 6.91. The summed E-state index contributed by atoms with van der Waals surface area (Å²) in [7, 11) is 4.54. The predicted octanol–water partition coefficient (Wildman–Crippen LogP) is 3.31. The molecule has 5 nitrogen and oxygen atoms in total. The van der Waals surface area contributed by atoms with Crippen LogP contribution in [0.25, 0.3) is 6.08 Å². The van der Waals surface area contributed by atoms with Gasteiger partial charge < -0.3 is 19.3 Å². The zero-order valence-corrected chi connectivity index (χ0v) is 13.2. The van der Waals surface area contributed by atoms with Crippen molar-refractivity contribution in [2.24, 2.45) is 0 Å². The highest BCUT2D eigenvalue weighted by Gasteiger charge is 2.12. The summed E-state index contributed by atoms with van der Waals surface area (Å²) < 4.78 is 15.4. The molecule has 0 amide bonds. The number of allylic oxidation sites excluding steroid dienone is 1. The number of para-hydroxylation sites is 1. The van der Waals surface area contributed by atoms with Crippen LogP contribution < -0.4 is 14.2 Å². The van der Waals surface area contributed by atoms with Crippen molar-refractivity contribution >= 4 is 11.9 Å². The van der Waals surface area contributed by atoms with Crippen LogP contribution in [0.3, 0.4) is 0 Å². The average Bonchev–Trinajstić information content (AvgIpc) is 2.59. The molecule has 0 heterocycles. The van der Waals surface area contributed by atoms with Gasteiger partial charge in [-0.2, -0.15) is 0 Å². The standard InChI is InChI=1S/C18H18O5/c1-21-15-10-8-12(11-17(15)23-3)7-9-14(19)13-5-4-6-16(22-2)18(13)20/h4-11,20H,1-3H3. The minimum atomic E-state index is -0.323. The zero-order valence-electron chi connectivity index (χ0n) is 13.2. The number of ketones is 1. The Morgan fingerprint density at radius 2 is 1.65 bits per heavy atom. The summed E-state index contributed by atoms with van der Waals surface area (Å²) in [6, 6.07) is 10.1. The number of methoxy groups -OCH3 is 3. The van der Waals surface area contributed by atoms with Gasteiger partial charge in [-0.3, -0.25) is 4.79 Å². The number of carbonyl (C=O) groups excluding carboxylic acids is 1. The molecule has 0 radical (unpaired) electrons. The van der Waals surface area contributed by atoms with Crippen molar-refractivity contribution < 1.29 is 24.1 Å². The molecule has 0 spiro atoms. The highest BCUT2D eigenvalue weighted by Crippen LogP contribution is 2.30. The summed E-state index contributed by atoms with van der Waals surface area (Å²) in [6.45, 7) is 0. The normalized spacial score (nSPS) is 10.6. The lowest BCUT2D eigenvalue weighted by atomic mass is 10.1. The molecule has 2 aromatic carbocycles. The van der Waals surface area contributed by atoms with E-state index in [0.717, 1.165) is 5.56 Å². The number of hydrogen-bond acceptors (Lipinski definition) is 5. The molecule has 5 heteroatoms. The molecule has 0 unspecified atom stereocenters. The Bertz CT molecular complexity index is 734. The molecule has 0 bridgehead atoms. The van der Waals surface area contributed by atoms with Crippen molar-refractivity contribution in [2.45, 2.75) is 0 Å². The molecule has 0 saturated carbocycles. The van der Waals surface area contributed by atoms with Crippen LogP contribution in [-0.4, -0.2) is 32.2 Å². The third-order valence-electron chi connectivity index (χ3n) is 3.32. The third kappa shape index (κ3) is 3.63. The highest BCUT2D eigenvalue weighted by atomic mass is 16.5. The number of aromatic hydroxyl groups is 1. The van der Waals surface area contributed by atoms with Crippen LogP contribution in [0.2, 0.25) is 0 Å². The van der Waals surface area contributed by atoms with E-state index in [2.05, 4.69) is 0 Å². The van der Waals surface area contributed by atoms with Crippen LogP contribution in [0.5, 0.6) is 23.0 Å². The second-order valence-corrected chi connectivity index (χ2v) is 4.67. The van der Waals surface area contributed by atoms with Crippen molar-refractivity contribution in [3.8, 4) is 23.0 Å². The summed E-state index contributed by atoms with van der Waals surface area (Å²) in [5, 5.41) is 9.99. The maximum absolute atomic E-state index is 12.2. The van der Waals surface area contributed by atoms with E-state index in [9.17, 15) is 9.90 Å². The molecule has 23 heavy (non-hydrogen) atoms. The number of phenolic OH excluding ortho intramolecular Hbond substituents is 1. The first-order valence-electron chi connectivity index (χ1n) is 6.91. The molecule has 0 aliphatic rings. The van der Waals surface area contributed by atoms with Gasteiger partial charge >= 0.3 is 0 Å². The largest absolute Gasteiger partial charge is 0.504 e. The topological polar surface area (TPSA) is 65.0 Å². The fourth-order valence-electron chi connectivity index (χ4n) is 2.10. The van der Waals surface area contributed by atoms with Gasteiger partial charge in [-0.1, -0.05) is 18.2 Å². The summed E-state index contributed by atoms with van der Waals surface area (Å²) in [5.41, 5.74) is 0.958. The van der Waals surface area contributed by atoms with E-state index in [1.165, 1.54) is 13.2 Å². The van der Waals surface area contributed by atoms with Gasteiger partial charge in [0.15, 0.2) is 28.8 Å². The Morgan fingerprint density at radius 3 is 2.30 bits per heavy atom. The molecule has 2 rings (SSSR count). The van der Waals surface area contributed by atoms with E-state index in [1.54, 1.807) is 56.7 Å². The maximum Gasteiger partial charge on any atom is 0.189 e. The average molecular weight is 314 g/mol. The second kappa shape index (κ2) is 7.35. The Labute approximate surface area is 134 Å². The first kappa shape index (κ1) is 16.4. The molecule has 2 aromatic rings. The van der Waals surface area contributed by atoms with Gasteiger partial charge in [0.2, 0.25) is 0 Å². The molecule has 0 aliphatic carbocycles. The first-order chi connectivity index (χ1) is 11.1. The van der Waals surface area contributed by atoms with Gasteiger partial charge in [0, 0.05) is 0 Å².